The second-order valence-electron chi connectivity index (χ2n) is 5.96. The number of ether oxygens (including phenoxy) is 3. The summed E-state index contributed by atoms with van der Waals surface area (Å²) in [5.41, 5.74) is 7.19. The summed E-state index contributed by atoms with van der Waals surface area (Å²) in [4.78, 5) is 18.4. The van der Waals surface area contributed by atoms with Crippen LogP contribution in [0.15, 0.2) is 23.2 Å². The number of guanidine groups is 1. The first-order valence-corrected chi connectivity index (χ1v) is 8.73. The smallest absolute Gasteiger partial charge is 0.341 e. The number of esters is 1. The van der Waals surface area contributed by atoms with Gasteiger partial charge < -0.3 is 25.3 Å². The normalized spacial score (nSPS) is 15.5. The summed E-state index contributed by atoms with van der Waals surface area (Å²) in [6.45, 7) is 5.82. The van der Waals surface area contributed by atoms with E-state index in [1.807, 2.05) is 6.07 Å². The van der Waals surface area contributed by atoms with Gasteiger partial charge in [-0.3, -0.25) is 4.90 Å². The Labute approximate surface area is 154 Å². The highest BCUT2D eigenvalue weighted by molar-refractivity contribution is 5.92. The number of nitrogens with zero attached hydrogens (tertiary/aromatic N) is 2. The lowest BCUT2D eigenvalue weighted by Gasteiger charge is -2.26. The quantitative estimate of drug-likeness (QED) is 0.302. The van der Waals surface area contributed by atoms with Gasteiger partial charge in [-0.15, -0.1) is 0 Å². The Kier molecular flexibility index (Phi) is 8.17. The van der Waals surface area contributed by atoms with E-state index in [0.29, 0.717) is 23.8 Å². The molecule has 8 nitrogen and oxygen atoms in total. The van der Waals surface area contributed by atoms with Crippen molar-refractivity contribution in [2.75, 3.05) is 53.6 Å². The van der Waals surface area contributed by atoms with Gasteiger partial charge in [-0.05, 0) is 30.7 Å². The number of methoxy groups -OCH3 is 2. The average Bonchev–Trinajstić information content (AvgIpc) is 2.69. The molecule has 0 radical (unpaired) electrons. The SMILES string of the molecule is COC(=O)c1ccc(CN=C(N)NCCCN2CCOCC2)cc1OC. The highest BCUT2D eigenvalue weighted by Gasteiger charge is 2.13. The summed E-state index contributed by atoms with van der Waals surface area (Å²) in [5.74, 6) is 0.433. The van der Waals surface area contributed by atoms with E-state index >= 15 is 0 Å². The molecule has 2 rings (SSSR count). The number of hydrogen-bond acceptors (Lipinski definition) is 6. The molecule has 1 heterocycles. The molecule has 0 aliphatic carbocycles. The van der Waals surface area contributed by atoms with Crippen molar-refractivity contribution in [3.8, 4) is 5.75 Å². The van der Waals surface area contributed by atoms with Gasteiger partial charge in [-0.2, -0.15) is 0 Å². The number of carbonyl (C=O) groups is 1. The van der Waals surface area contributed by atoms with Crippen molar-refractivity contribution in [1.29, 1.82) is 0 Å². The van der Waals surface area contributed by atoms with E-state index in [2.05, 4.69) is 15.2 Å². The number of nitrogens with two attached hydrogens (primary N) is 1. The molecule has 1 aliphatic heterocycles. The Morgan fingerprint density at radius 2 is 2.12 bits per heavy atom. The van der Waals surface area contributed by atoms with E-state index in [-0.39, 0.29) is 0 Å². The molecule has 0 amide bonds. The molecule has 26 heavy (non-hydrogen) atoms. The molecule has 1 aromatic carbocycles. The van der Waals surface area contributed by atoms with Crippen LogP contribution in [-0.4, -0.2) is 70.4 Å². The van der Waals surface area contributed by atoms with Gasteiger partial charge in [0.05, 0.1) is 34.0 Å². The molecule has 0 atom stereocenters. The minimum absolute atomic E-state index is 0.386. The number of benzene rings is 1. The molecule has 0 saturated carbocycles. The summed E-state index contributed by atoms with van der Waals surface area (Å²) in [6.07, 6.45) is 0.998. The molecule has 1 aromatic rings. The number of aliphatic imine (C=N–C) groups is 1. The van der Waals surface area contributed by atoms with E-state index in [9.17, 15) is 4.79 Å². The van der Waals surface area contributed by atoms with Gasteiger partial charge in [0.1, 0.15) is 11.3 Å². The molecular formula is C18H28N4O4. The Balaban J connectivity index is 1.77. The van der Waals surface area contributed by atoms with Crippen LogP contribution < -0.4 is 15.8 Å². The predicted octanol–water partition coefficient (Wildman–Crippen LogP) is 0.608. The molecule has 144 valence electrons. The zero-order chi connectivity index (χ0) is 18.8. The van der Waals surface area contributed by atoms with Gasteiger partial charge in [-0.1, -0.05) is 6.07 Å². The number of nitrogens with one attached hydrogen (secondary N) is 1. The van der Waals surface area contributed by atoms with Crippen molar-refractivity contribution < 1.29 is 19.0 Å². The van der Waals surface area contributed by atoms with Gasteiger partial charge in [0.2, 0.25) is 0 Å². The van der Waals surface area contributed by atoms with Gasteiger partial charge >= 0.3 is 5.97 Å². The molecule has 1 aliphatic rings. The molecule has 0 aromatic heterocycles. The monoisotopic (exact) mass is 364 g/mol. The second kappa shape index (κ2) is 10.6. The summed E-state index contributed by atoms with van der Waals surface area (Å²) in [7, 11) is 2.85. The number of rotatable bonds is 8. The zero-order valence-electron chi connectivity index (χ0n) is 15.5. The number of morpholine rings is 1. The minimum Gasteiger partial charge on any atom is -0.496 e. The van der Waals surface area contributed by atoms with Gasteiger partial charge in [0.25, 0.3) is 0 Å². The maximum Gasteiger partial charge on any atom is 0.341 e. The van der Waals surface area contributed by atoms with E-state index in [1.54, 1.807) is 12.1 Å². The summed E-state index contributed by atoms with van der Waals surface area (Å²) < 4.78 is 15.3. The van der Waals surface area contributed by atoms with Crippen molar-refractivity contribution in [3.05, 3.63) is 29.3 Å². The fourth-order valence-corrected chi connectivity index (χ4v) is 2.69. The van der Waals surface area contributed by atoms with Crippen molar-refractivity contribution in [1.82, 2.24) is 10.2 Å². The third kappa shape index (κ3) is 6.20. The fourth-order valence-electron chi connectivity index (χ4n) is 2.69. The Morgan fingerprint density at radius 3 is 2.81 bits per heavy atom. The summed E-state index contributed by atoms with van der Waals surface area (Å²) in [6, 6.07) is 5.24. The first-order chi connectivity index (χ1) is 12.6. The zero-order valence-corrected chi connectivity index (χ0v) is 15.5. The molecule has 0 spiro atoms. The lowest BCUT2D eigenvalue weighted by Crippen LogP contribution is -2.39. The van der Waals surface area contributed by atoms with E-state index < -0.39 is 5.97 Å². The van der Waals surface area contributed by atoms with Gasteiger partial charge in [0.15, 0.2) is 5.96 Å². The van der Waals surface area contributed by atoms with E-state index in [0.717, 1.165) is 51.4 Å². The maximum atomic E-state index is 11.7. The molecule has 0 unspecified atom stereocenters. The highest BCUT2D eigenvalue weighted by Crippen LogP contribution is 2.21. The standard InChI is InChI=1S/C18H28N4O4/c1-24-16-12-14(4-5-15(16)17(23)25-2)13-21-18(19)20-6-3-7-22-8-10-26-11-9-22/h4-5,12H,3,6-11,13H2,1-2H3,(H3,19,20,21). The Hall–Kier alpha value is -2.32. The van der Waals surface area contributed by atoms with Crippen LogP contribution in [0.25, 0.3) is 0 Å². The minimum atomic E-state index is -0.432. The average molecular weight is 364 g/mol. The number of hydrogen-bond donors (Lipinski definition) is 2. The van der Waals surface area contributed by atoms with Crippen LogP contribution in [0.1, 0.15) is 22.3 Å². The highest BCUT2D eigenvalue weighted by atomic mass is 16.5. The molecule has 1 saturated heterocycles. The first kappa shape index (κ1) is 20.0. The van der Waals surface area contributed by atoms with Crippen LogP contribution in [0, 0.1) is 0 Å². The molecule has 8 heteroatoms. The molecule has 1 fully saturated rings. The van der Waals surface area contributed by atoms with Crippen molar-refractivity contribution in [3.63, 3.8) is 0 Å². The van der Waals surface area contributed by atoms with Crippen LogP contribution in [0.4, 0.5) is 0 Å². The van der Waals surface area contributed by atoms with Crippen LogP contribution in [-0.2, 0) is 16.0 Å². The third-order valence-corrected chi connectivity index (χ3v) is 4.16. The van der Waals surface area contributed by atoms with Crippen LogP contribution in [0.5, 0.6) is 5.75 Å². The lowest BCUT2D eigenvalue weighted by molar-refractivity contribution is 0.0376. The Bertz CT molecular complexity index is 615. The summed E-state index contributed by atoms with van der Waals surface area (Å²) >= 11 is 0. The Morgan fingerprint density at radius 1 is 1.35 bits per heavy atom. The van der Waals surface area contributed by atoms with Crippen molar-refractivity contribution in [2.45, 2.75) is 13.0 Å². The molecular weight excluding hydrogens is 336 g/mol. The lowest BCUT2D eigenvalue weighted by atomic mass is 10.1. The first-order valence-electron chi connectivity index (χ1n) is 8.73. The molecule has 0 bridgehead atoms. The van der Waals surface area contributed by atoms with Gasteiger partial charge in [-0.25, -0.2) is 9.79 Å². The van der Waals surface area contributed by atoms with Crippen molar-refractivity contribution in [2.24, 2.45) is 10.7 Å². The topological polar surface area (TPSA) is 98.4 Å². The molecule has 3 N–H and O–H groups in total. The maximum absolute atomic E-state index is 11.7. The fraction of sp³-hybridized carbons (Fsp3) is 0.556. The number of carbonyl (C=O) groups excluding carboxylic acids is 1. The van der Waals surface area contributed by atoms with Crippen LogP contribution in [0.2, 0.25) is 0 Å². The third-order valence-electron chi connectivity index (χ3n) is 4.16. The van der Waals surface area contributed by atoms with Crippen LogP contribution in [0.3, 0.4) is 0 Å². The van der Waals surface area contributed by atoms with Crippen molar-refractivity contribution >= 4 is 11.9 Å². The summed E-state index contributed by atoms with van der Waals surface area (Å²) in [5, 5.41) is 3.12. The second-order valence-corrected chi connectivity index (χ2v) is 5.96. The predicted molar refractivity (Wildman–Crippen MR) is 99.5 cm³/mol. The van der Waals surface area contributed by atoms with Crippen LogP contribution >= 0.6 is 0 Å². The van der Waals surface area contributed by atoms with Gasteiger partial charge in [0, 0.05) is 19.6 Å². The van der Waals surface area contributed by atoms with E-state index in [1.165, 1.54) is 14.2 Å². The van der Waals surface area contributed by atoms with E-state index in [4.69, 9.17) is 19.9 Å². The largest absolute Gasteiger partial charge is 0.496 e.